The normalized spacial score (nSPS) is 11.9. The molecule has 3 aromatic carbocycles. The van der Waals surface area contributed by atoms with Crippen molar-refractivity contribution < 1.29 is 5.11 Å². The Morgan fingerprint density at radius 1 is 0.667 bits per heavy atom. The largest absolute Gasteiger partial charge is 0.386 e. The Morgan fingerprint density at radius 3 is 1.63 bits per heavy atom. The summed E-state index contributed by atoms with van der Waals surface area (Å²) >= 11 is 0. The Morgan fingerprint density at radius 2 is 1.15 bits per heavy atom. The lowest BCUT2D eigenvalue weighted by Gasteiger charge is -2.18. The summed E-state index contributed by atoms with van der Waals surface area (Å²) in [6.45, 7) is 12.6. The molecule has 0 spiro atoms. The van der Waals surface area contributed by atoms with Gasteiger partial charge in [0.15, 0.2) is 0 Å². The van der Waals surface area contributed by atoms with E-state index in [1.165, 1.54) is 33.4 Å². The molecule has 0 radical (unpaired) electrons. The monoisotopic (exact) mass is 358 g/mol. The molecule has 27 heavy (non-hydrogen) atoms. The summed E-state index contributed by atoms with van der Waals surface area (Å²) in [7, 11) is 0. The van der Waals surface area contributed by atoms with Gasteiger partial charge in [-0.3, -0.25) is 0 Å². The van der Waals surface area contributed by atoms with Gasteiger partial charge in [-0.1, -0.05) is 74.5 Å². The van der Waals surface area contributed by atoms with Crippen LogP contribution in [0.3, 0.4) is 0 Å². The average Bonchev–Trinajstić information content (AvgIpc) is 2.63. The van der Waals surface area contributed by atoms with Gasteiger partial charge in [0.25, 0.3) is 0 Å². The maximum atomic E-state index is 10.1. The zero-order valence-corrected chi connectivity index (χ0v) is 17.3. The van der Waals surface area contributed by atoms with E-state index in [1.807, 2.05) is 26.0 Å². The smallest absolute Gasteiger partial charge is 0.0840 e. The Labute approximate surface area is 163 Å². The van der Waals surface area contributed by atoms with Gasteiger partial charge in [0, 0.05) is 0 Å². The van der Waals surface area contributed by atoms with E-state index in [2.05, 4.69) is 76.2 Å². The molecular weight excluding hydrogens is 328 g/mol. The summed E-state index contributed by atoms with van der Waals surface area (Å²) in [6, 6.07) is 21.5. The van der Waals surface area contributed by atoms with Crippen LogP contribution in [0.4, 0.5) is 0 Å². The summed E-state index contributed by atoms with van der Waals surface area (Å²) in [5.74, 6) is 0.548. The van der Waals surface area contributed by atoms with E-state index >= 15 is 0 Å². The summed E-state index contributed by atoms with van der Waals surface area (Å²) in [6.07, 6.45) is 0. The van der Waals surface area contributed by atoms with Gasteiger partial charge in [0.2, 0.25) is 0 Å². The van der Waals surface area contributed by atoms with Crippen LogP contribution in [-0.4, -0.2) is 5.11 Å². The molecule has 0 bridgehead atoms. The van der Waals surface area contributed by atoms with Crippen LogP contribution in [0.5, 0.6) is 0 Å². The Bertz CT molecular complexity index is 924. The fourth-order valence-electron chi connectivity index (χ4n) is 3.69. The highest BCUT2D eigenvalue weighted by Gasteiger charge is 2.15. The van der Waals surface area contributed by atoms with Gasteiger partial charge in [0.05, 0.1) is 5.60 Å². The second-order valence-corrected chi connectivity index (χ2v) is 8.32. The minimum absolute atomic E-state index is 0.548. The topological polar surface area (TPSA) is 20.2 Å². The second kappa shape index (κ2) is 7.32. The molecule has 3 rings (SSSR count). The molecule has 0 aliphatic carbocycles. The van der Waals surface area contributed by atoms with Gasteiger partial charge in [-0.2, -0.15) is 0 Å². The first-order valence-corrected chi connectivity index (χ1v) is 9.72. The molecule has 3 aromatic rings. The molecule has 0 atom stereocenters. The SMILES string of the molecule is Cc1c(-c2ccc(-c3ccc(C(C)(C)O)cc3)cc2)ccc(C(C)C)c1C. The fraction of sp³-hybridized carbons (Fsp3) is 0.308. The Balaban J connectivity index is 1.91. The standard InChI is InChI=1S/C26H30O/c1-17(2)24-15-16-25(19(4)18(24)3)22-9-7-20(8-10-22)21-11-13-23(14-12-21)26(5,6)27/h7-17,27H,1-6H3. The first-order chi connectivity index (χ1) is 12.7. The molecule has 0 aromatic heterocycles. The number of hydrogen-bond acceptors (Lipinski definition) is 1. The zero-order chi connectivity index (χ0) is 19.8. The van der Waals surface area contributed by atoms with Crippen molar-refractivity contribution in [1.82, 2.24) is 0 Å². The van der Waals surface area contributed by atoms with Crippen LogP contribution in [0.15, 0.2) is 60.7 Å². The van der Waals surface area contributed by atoms with Crippen LogP contribution in [0, 0.1) is 13.8 Å². The van der Waals surface area contributed by atoms with Crippen molar-refractivity contribution in [3.05, 3.63) is 82.9 Å². The van der Waals surface area contributed by atoms with Crippen LogP contribution in [-0.2, 0) is 5.60 Å². The van der Waals surface area contributed by atoms with Gasteiger partial charge < -0.3 is 5.11 Å². The van der Waals surface area contributed by atoms with Crippen LogP contribution in [0.25, 0.3) is 22.3 Å². The molecule has 140 valence electrons. The van der Waals surface area contributed by atoms with Crippen LogP contribution in [0.1, 0.15) is 55.9 Å². The van der Waals surface area contributed by atoms with Gasteiger partial charge in [0.1, 0.15) is 0 Å². The Kier molecular flexibility index (Phi) is 5.26. The van der Waals surface area contributed by atoms with Crippen molar-refractivity contribution in [1.29, 1.82) is 0 Å². The third kappa shape index (κ3) is 3.99. The fourth-order valence-corrected chi connectivity index (χ4v) is 3.69. The van der Waals surface area contributed by atoms with Crippen molar-refractivity contribution in [3.8, 4) is 22.3 Å². The molecule has 0 unspecified atom stereocenters. The van der Waals surface area contributed by atoms with Gasteiger partial charge in [-0.15, -0.1) is 0 Å². The predicted molar refractivity (Wildman–Crippen MR) is 116 cm³/mol. The second-order valence-electron chi connectivity index (χ2n) is 8.32. The van der Waals surface area contributed by atoms with Crippen LogP contribution < -0.4 is 0 Å². The molecule has 1 nitrogen and oxygen atoms in total. The van der Waals surface area contributed by atoms with E-state index in [1.54, 1.807) is 0 Å². The molecule has 0 aliphatic rings. The first-order valence-electron chi connectivity index (χ1n) is 9.72. The van der Waals surface area contributed by atoms with E-state index in [0.717, 1.165) is 11.1 Å². The van der Waals surface area contributed by atoms with E-state index in [0.29, 0.717) is 5.92 Å². The number of aliphatic hydroxyl groups is 1. The minimum atomic E-state index is -0.806. The number of benzene rings is 3. The zero-order valence-electron chi connectivity index (χ0n) is 17.3. The quantitative estimate of drug-likeness (QED) is 0.533. The summed E-state index contributed by atoms with van der Waals surface area (Å²) in [5, 5.41) is 10.1. The van der Waals surface area contributed by atoms with Crippen molar-refractivity contribution >= 4 is 0 Å². The molecule has 0 saturated heterocycles. The van der Waals surface area contributed by atoms with E-state index in [4.69, 9.17) is 0 Å². The van der Waals surface area contributed by atoms with Gasteiger partial charge in [-0.05, 0) is 78.1 Å². The maximum absolute atomic E-state index is 10.1. The van der Waals surface area contributed by atoms with Crippen LogP contribution in [0.2, 0.25) is 0 Å². The number of hydrogen-bond donors (Lipinski definition) is 1. The van der Waals surface area contributed by atoms with E-state index < -0.39 is 5.60 Å². The highest BCUT2D eigenvalue weighted by atomic mass is 16.3. The molecule has 1 N–H and O–H groups in total. The summed E-state index contributed by atoms with van der Waals surface area (Å²) in [5.41, 5.74) is 9.23. The molecule has 0 saturated carbocycles. The van der Waals surface area contributed by atoms with E-state index in [-0.39, 0.29) is 0 Å². The lowest BCUT2D eigenvalue weighted by Crippen LogP contribution is -2.14. The third-order valence-electron chi connectivity index (χ3n) is 5.57. The molecular formula is C26H30O. The number of rotatable bonds is 4. The summed E-state index contributed by atoms with van der Waals surface area (Å²) in [4.78, 5) is 0. The minimum Gasteiger partial charge on any atom is -0.386 e. The lowest BCUT2D eigenvalue weighted by molar-refractivity contribution is 0.0786. The molecule has 0 heterocycles. The Hall–Kier alpha value is -2.38. The highest BCUT2D eigenvalue weighted by molar-refractivity contribution is 5.73. The highest BCUT2D eigenvalue weighted by Crippen LogP contribution is 2.32. The van der Waals surface area contributed by atoms with Crippen molar-refractivity contribution in [2.45, 2.75) is 53.1 Å². The average molecular weight is 359 g/mol. The first kappa shape index (κ1) is 19.4. The molecule has 1 heteroatoms. The predicted octanol–water partition coefficient (Wildman–Crippen LogP) is 6.99. The van der Waals surface area contributed by atoms with Gasteiger partial charge >= 0.3 is 0 Å². The van der Waals surface area contributed by atoms with Gasteiger partial charge in [-0.25, -0.2) is 0 Å². The van der Waals surface area contributed by atoms with Crippen molar-refractivity contribution in [2.75, 3.05) is 0 Å². The maximum Gasteiger partial charge on any atom is 0.0840 e. The molecule has 0 aliphatic heterocycles. The van der Waals surface area contributed by atoms with Crippen molar-refractivity contribution in [2.24, 2.45) is 0 Å². The van der Waals surface area contributed by atoms with E-state index in [9.17, 15) is 5.11 Å². The third-order valence-corrected chi connectivity index (χ3v) is 5.57. The summed E-state index contributed by atoms with van der Waals surface area (Å²) < 4.78 is 0. The van der Waals surface area contributed by atoms with Crippen LogP contribution >= 0.6 is 0 Å². The lowest BCUT2D eigenvalue weighted by atomic mass is 9.89. The molecule has 0 amide bonds. The molecule has 0 fully saturated rings. The van der Waals surface area contributed by atoms with Crippen molar-refractivity contribution in [3.63, 3.8) is 0 Å².